The number of benzene rings is 1. The number of hydrogen-bond acceptors (Lipinski definition) is 5. The van der Waals surface area contributed by atoms with Gasteiger partial charge in [-0.15, -0.1) is 0 Å². The van der Waals surface area contributed by atoms with Gasteiger partial charge >= 0.3 is 6.09 Å². The molecule has 9 heteroatoms. The van der Waals surface area contributed by atoms with Gasteiger partial charge in [-0.1, -0.05) is 6.92 Å². The number of hydrogen-bond donors (Lipinski definition) is 0. The van der Waals surface area contributed by atoms with E-state index in [1.165, 1.54) is 17.7 Å². The van der Waals surface area contributed by atoms with Gasteiger partial charge in [-0.05, 0) is 114 Å². The summed E-state index contributed by atoms with van der Waals surface area (Å²) in [7, 11) is 1.75. The first-order valence-electron chi connectivity index (χ1n) is 16.4. The van der Waals surface area contributed by atoms with Crippen molar-refractivity contribution >= 4 is 22.9 Å². The number of carbonyl (C=O) groups is 2. The van der Waals surface area contributed by atoms with Crippen LogP contribution in [0.1, 0.15) is 82.3 Å². The van der Waals surface area contributed by atoms with Crippen molar-refractivity contribution < 1.29 is 18.7 Å². The van der Waals surface area contributed by atoms with E-state index in [1.54, 1.807) is 18.0 Å². The summed E-state index contributed by atoms with van der Waals surface area (Å²) in [6, 6.07) is 4.45. The first-order chi connectivity index (χ1) is 21.1. The lowest BCUT2D eigenvalue weighted by Crippen LogP contribution is -2.47. The molecule has 0 aliphatic carbocycles. The second-order valence-electron chi connectivity index (χ2n) is 14.9. The summed E-state index contributed by atoms with van der Waals surface area (Å²) in [5.41, 5.74) is 3.94. The van der Waals surface area contributed by atoms with Crippen molar-refractivity contribution in [2.24, 2.45) is 11.3 Å². The number of fused-ring (bicyclic) bond motifs is 1. The van der Waals surface area contributed by atoms with Crippen LogP contribution >= 0.6 is 0 Å². The van der Waals surface area contributed by atoms with E-state index in [2.05, 4.69) is 29.9 Å². The van der Waals surface area contributed by atoms with Gasteiger partial charge < -0.3 is 24.0 Å². The third-order valence-electron chi connectivity index (χ3n) is 9.63. The monoisotopic (exact) mass is 619 g/mol. The summed E-state index contributed by atoms with van der Waals surface area (Å²) in [6.07, 6.45) is 9.65. The lowest BCUT2D eigenvalue weighted by molar-refractivity contribution is 0.00831. The highest BCUT2D eigenvalue weighted by Gasteiger charge is 2.37. The molecule has 3 aromatic rings. The Balaban J connectivity index is 1.31. The fourth-order valence-corrected chi connectivity index (χ4v) is 6.90. The molecular formula is C36H50FN5O3. The smallest absolute Gasteiger partial charge is 0.410 e. The number of aromatic nitrogens is 2. The zero-order valence-electron chi connectivity index (χ0n) is 28.3. The summed E-state index contributed by atoms with van der Waals surface area (Å²) < 4.78 is 22.1. The molecule has 0 spiro atoms. The van der Waals surface area contributed by atoms with Gasteiger partial charge in [-0.25, -0.2) is 9.18 Å². The Kier molecular flexibility index (Phi) is 9.32. The van der Waals surface area contributed by atoms with Crippen molar-refractivity contribution in [2.45, 2.75) is 85.8 Å². The average Bonchev–Trinajstić information content (AvgIpc) is 3.56. The van der Waals surface area contributed by atoms with Crippen LogP contribution in [0.15, 0.2) is 36.8 Å². The molecule has 0 bridgehead atoms. The molecule has 2 saturated heterocycles. The number of pyridine rings is 1. The molecular weight excluding hydrogens is 569 g/mol. The normalized spacial score (nSPS) is 19.0. The Morgan fingerprint density at radius 3 is 2.53 bits per heavy atom. The summed E-state index contributed by atoms with van der Waals surface area (Å²) >= 11 is 0. The highest BCUT2D eigenvalue weighted by atomic mass is 19.1. The molecule has 1 aromatic carbocycles. The van der Waals surface area contributed by atoms with E-state index in [4.69, 9.17) is 4.74 Å². The lowest BCUT2D eigenvalue weighted by atomic mass is 9.80. The predicted octanol–water partition coefficient (Wildman–Crippen LogP) is 6.86. The molecule has 0 N–H and O–H groups in total. The van der Waals surface area contributed by atoms with Crippen LogP contribution in [0.2, 0.25) is 0 Å². The maximum Gasteiger partial charge on any atom is 0.410 e. The Hall–Kier alpha value is -3.46. The Morgan fingerprint density at radius 1 is 1.16 bits per heavy atom. The highest BCUT2D eigenvalue weighted by molar-refractivity contribution is 5.99. The van der Waals surface area contributed by atoms with E-state index < -0.39 is 11.4 Å². The number of likely N-dealkylation sites (tertiary alicyclic amines) is 2. The molecule has 0 saturated carbocycles. The second-order valence-corrected chi connectivity index (χ2v) is 14.9. The number of rotatable bonds is 7. The minimum absolute atomic E-state index is 0.0143. The number of halogens is 1. The molecule has 45 heavy (non-hydrogen) atoms. The van der Waals surface area contributed by atoms with Gasteiger partial charge in [0.05, 0.1) is 23.0 Å². The van der Waals surface area contributed by atoms with Gasteiger partial charge in [-0.2, -0.15) is 0 Å². The molecule has 4 heterocycles. The molecule has 0 radical (unpaired) electrons. The molecule has 2 fully saturated rings. The van der Waals surface area contributed by atoms with E-state index in [-0.39, 0.29) is 23.5 Å². The topological polar surface area (TPSA) is 70.9 Å². The molecule has 244 valence electrons. The Morgan fingerprint density at radius 2 is 1.87 bits per heavy atom. The van der Waals surface area contributed by atoms with E-state index in [0.717, 1.165) is 74.9 Å². The third kappa shape index (κ3) is 7.35. The summed E-state index contributed by atoms with van der Waals surface area (Å²) in [5.74, 6) is -0.135. The molecule has 2 amide bonds. The number of nitrogens with zero attached hydrogens (tertiary/aromatic N) is 5. The van der Waals surface area contributed by atoms with E-state index in [1.807, 2.05) is 56.5 Å². The summed E-state index contributed by atoms with van der Waals surface area (Å²) in [4.78, 5) is 36.6. The highest BCUT2D eigenvalue weighted by Crippen LogP contribution is 2.36. The van der Waals surface area contributed by atoms with Gasteiger partial charge in [-0.3, -0.25) is 9.78 Å². The van der Waals surface area contributed by atoms with Crippen molar-refractivity contribution in [3.63, 3.8) is 0 Å². The second kappa shape index (κ2) is 12.7. The molecule has 2 aliphatic rings. The summed E-state index contributed by atoms with van der Waals surface area (Å²) in [5, 5.41) is 1.16. The van der Waals surface area contributed by atoms with Crippen molar-refractivity contribution in [3.8, 4) is 5.69 Å². The van der Waals surface area contributed by atoms with Crippen LogP contribution in [0.3, 0.4) is 0 Å². The molecule has 2 aliphatic heterocycles. The molecule has 8 nitrogen and oxygen atoms in total. The van der Waals surface area contributed by atoms with Crippen LogP contribution in [-0.2, 0) is 11.2 Å². The fraction of sp³-hybridized carbons (Fsp3) is 0.583. The number of ether oxygens (including phenoxy) is 1. The Labute approximate surface area is 267 Å². The van der Waals surface area contributed by atoms with Crippen LogP contribution in [0, 0.1) is 24.1 Å². The van der Waals surface area contributed by atoms with Crippen LogP contribution in [0.25, 0.3) is 16.6 Å². The molecule has 5 rings (SSSR count). The van der Waals surface area contributed by atoms with Crippen LogP contribution in [0.5, 0.6) is 0 Å². The predicted molar refractivity (Wildman–Crippen MR) is 176 cm³/mol. The number of aryl methyl sites for hydroxylation is 1. The van der Waals surface area contributed by atoms with Crippen LogP contribution < -0.4 is 0 Å². The zero-order valence-corrected chi connectivity index (χ0v) is 28.3. The van der Waals surface area contributed by atoms with Crippen molar-refractivity contribution in [1.82, 2.24) is 24.3 Å². The van der Waals surface area contributed by atoms with Gasteiger partial charge in [0, 0.05) is 57.0 Å². The van der Waals surface area contributed by atoms with Crippen molar-refractivity contribution in [3.05, 3.63) is 59.3 Å². The van der Waals surface area contributed by atoms with Gasteiger partial charge in [0.2, 0.25) is 0 Å². The quantitative estimate of drug-likeness (QED) is 0.289. The number of carbonyl (C=O) groups excluding carboxylic acids is 2. The first kappa shape index (κ1) is 32.9. The minimum atomic E-state index is -0.479. The lowest BCUT2D eigenvalue weighted by Gasteiger charge is -2.41. The van der Waals surface area contributed by atoms with Crippen LogP contribution in [0.4, 0.5) is 9.18 Å². The van der Waals surface area contributed by atoms with Gasteiger partial charge in [0.1, 0.15) is 11.4 Å². The SMILES string of the molecule is Cc1cncc2c1c(C[C@H]1CCN(CC3(C)CCN(C(=O)OC(C)(C)C)CC3)C1)cn2-c1ccc(F)cc1C(=O)N(C)C(C)C. The third-order valence-corrected chi connectivity index (χ3v) is 9.63. The van der Waals surface area contributed by atoms with Gasteiger partial charge in [0.15, 0.2) is 0 Å². The standard InChI is InChI=1S/C36H50FN5O3/c1-24(2)39(8)33(43)29-18-28(37)9-10-30(29)42-22-27(32-25(3)19-38-20-31(32)42)17-26-11-14-40(21-26)23-36(7)12-15-41(16-13-36)34(44)45-35(4,5)6/h9-10,18-20,22,24,26H,11-17,21,23H2,1-8H3/t26-/m1/s1. The number of amides is 2. The molecule has 2 aromatic heterocycles. The fourth-order valence-electron chi connectivity index (χ4n) is 6.90. The maximum absolute atomic E-state index is 14.5. The van der Waals surface area contributed by atoms with E-state index in [9.17, 15) is 14.0 Å². The first-order valence-corrected chi connectivity index (χ1v) is 16.4. The van der Waals surface area contributed by atoms with Crippen molar-refractivity contribution in [1.29, 1.82) is 0 Å². The Bertz CT molecular complexity index is 1550. The zero-order chi connectivity index (χ0) is 32.7. The maximum atomic E-state index is 14.5. The summed E-state index contributed by atoms with van der Waals surface area (Å²) in [6.45, 7) is 18.7. The number of piperidine rings is 1. The average molecular weight is 620 g/mol. The van der Waals surface area contributed by atoms with Crippen LogP contribution in [-0.4, -0.2) is 87.7 Å². The largest absolute Gasteiger partial charge is 0.444 e. The van der Waals surface area contributed by atoms with E-state index >= 15 is 0 Å². The van der Waals surface area contributed by atoms with Crippen molar-refractivity contribution in [2.75, 3.05) is 39.8 Å². The van der Waals surface area contributed by atoms with Gasteiger partial charge in [0.25, 0.3) is 5.91 Å². The van der Waals surface area contributed by atoms with E-state index in [0.29, 0.717) is 17.2 Å². The molecule has 0 unspecified atom stereocenters. The minimum Gasteiger partial charge on any atom is -0.444 e. The molecule has 1 atom stereocenters.